The topological polar surface area (TPSA) is 58.9 Å². The summed E-state index contributed by atoms with van der Waals surface area (Å²) in [6.45, 7) is 0. The molecule has 0 bridgehead atoms. The summed E-state index contributed by atoms with van der Waals surface area (Å²) >= 11 is 1.73. The molecule has 0 radical (unpaired) electrons. The first kappa shape index (κ1) is 11.1. The number of aromatic amines is 1. The van der Waals surface area contributed by atoms with E-state index in [1.165, 1.54) is 10.9 Å². The van der Waals surface area contributed by atoms with Gasteiger partial charge in [-0.15, -0.1) is 0 Å². The van der Waals surface area contributed by atoms with E-state index in [1.807, 2.05) is 18.3 Å². The fraction of sp³-hybridized carbons (Fsp3) is 0.250. The first-order valence-corrected chi connectivity index (χ1v) is 6.34. The van der Waals surface area contributed by atoms with E-state index in [4.69, 9.17) is 5.73 Å². The Balaban J connectivity index is 1.97. The van der Waals surface area contributed by atoms with Crippen LogP contribution in [0.25, 0.3) is 10.9 Å². The number of primary amides is 1. The molecule has 0 fully saturated rings. The van der Waals surface area contributed by atoms with Crippen molar-refractivity contribution in [2.24, 2.45) is 5.73 Å². The largest absolute Gasteiger partial charge is 0.370 e. The number of hydrogen-bond acceptors (Lipinski definition) is 2. The summed E-state index contributed by atoms with van der Waals surface area (Å²) in [4.78, 5) is 13.8. The molecule has 0 saturated carbocycles. The van der Waals surface area contributed by atoms with Gasteiger partial charge in [0, 0.05) is 35.0 Å². The van der Waals surface area contributed by atoms with Gasteiger partial charge in [-0.2, -0.15) is 11.8 Å². The lowest BCUT2D eigenvalue weighted by atomic mass is 10.2. The molecule has 1 aromatic carbocycles. The van der Waals surface area contributed by atoms with Gasteiger partial charge in [0.05, 0.1) is 0 Å². The zero-order valence-corrected chi connectivity index (χ0v) is 9.72. The molecule has 84 valence electrons. The van der Waals surface area contributed by atoms with Gasteiger partial charge in [0.1, 0.15) is 0 Å². The van der Waals surface area contributed by atoms with Crippen molar-refractivity contribution in [1.82, 2.24) is 4.98 Å². The molecule has 2 aromatic rings. The third-order valence-corrected chi connectivity index (χ3v) is 3.43. The quantitative estimate of drug-likeness (QED) is 0.780. The van der Waals surface area contributed by atoms with E-state index < -0.39 is 0 Å². The van der Waals surface area contributed by atoms with Crippen molar-refractivity contribution < 1.29 is 4.79 Å². The highest BCUT2D eigenvalue weighted by Gasteiger charge is 2.02. The molecular weight excluding hydrogens is 220 g/mol. The monoisotopic (exact) mass is 234 g/mol. The maximum Gasteiger partial charge on any atom is 0.218 e. The predicted molar refractivity (Wildman–Crippen MR) is 68.3 cm³/mol. The number of rotatable bonds is 5. The third-order valence-electron chi connectivity index (χ3n) is 2.43. The van der Waals surface area contributed by atoms with Crippen LogP contribution in [-0.4, -0.2) is 16.6 Å². The molecule has 1 amide bonds. The fourth-order valence-corrected chi connectivity index (χ4v) is 2.55. The second kappa shape index (κ2) is 5.07. The molecule has 0 aliphatic carbocycles. The number of hydrogen-bond donors (Lipinski definition) is 2. The van der Waals surface area contributed by atoms with Crippen LogP contribution < -0.4 is 5.73 Å². The Kier molecular flexibility index (Phi) is 3.51. The Morgan fingerprint density at radius 3 is 3.00 bits per heavy atom. The summed E-state index contributed by atoms with van der Waals surface area (Å²) in [5.74, 6) is 1.47. The average Bonchev–Trinajstić information content (AvgIpc) is 2.68. The van der Waals surface area contributed by atoms with Gasteiger partial charge in [0.25, 0.3) is 0 Å². The smallest absolute Gasteiger partial charge is 0.218 e. The van der Waals surface area contributed by atoms with Crippen LogP contribution in [0.3, 0.4) is 0 Å². The van der Waals surface area contributed by atoms with Crippen molar-refractivity contribution in [1.29, 1.82) is 0 Å². The van der Waals surface area contributed by atoms with Crippen molar-refractivity contribution in [3.05, 3.63) is 36.0 Å². The van der Waals surface area contributed by atoms with Gasteiger partial charge in [0.15, 0.2) is 0 Å². The molecule has 3 N–H and O–H groups in total. The molecule has 0 aliphatic heterocycles. The van der Waals surface area contributed by atoms with Crippen molar-refractivity contribution in [2.75, 3.05) is 5.75 Å². The number of amides is 1. The zero-order valence-electron chi connectivity index (χ0n) is 8.90. The Morgan fingerprint density at radius 1 is 1.38 bits per heavy atom. The Bertz CT molecular complexity index is 492. The van der Waals surface area contributed by atoms with Gasteiger partial charge in [-0.3, -0.25) is 4.79 Å². The van der Waals surface area contributed by atoms with E-state index in [0.29, 0.717) is 6.42 Å². The van der Waals surface area contributed by atoms with Crippen molar-refractivity contribution in [3.63, 3.8) is 0 Å². The van der Waals surface area contributed by atoms with Crippen LogP contribution in [0.15, 0.2) is 30.5 Å². The number of carbonyl (C=O) groups is 1. The summed E-state index contributed by atoms with van der Waals surface area (Å²) in [5, 5.41) is 1.26. The molecule has 1 aromatic heterocycles. The number of benzene rings is 1. The summed E-state index contributed by atoms with van der Waals surface area (Å²) in [7, 11) is 0. The SMILES string of the molecule is NC(=O)CCSCc1c[nH]c2ccccc12. The van der Waals surface area contributed by atoms with Crippen LogP contribution in [0.1, 0.15) is 12.0 Å². The summed E-state index contributed by atoms with van der Waals surface area (Å²) < 4.78 is 0. The number of thioether (sulfide) groups is 1. The van der Waals surface area contributed by atoms with Gasteiger partial charge in [-0.1, -0.05) is 18.2 Å². The number of H-pyrrole nitrogens is 1. The molecule has 2 rings (SSSR count). The highest BCUT2D eigenvalue weighted by Crippen LogP contribution is 2.22. The zero-order chi connectivity index (χ0) is 11.4. The van der Waals surface area contributed by atoms with Crippen molar-refractivity contribution in [3.8, 4) is 0 Å². The van der Waals surface area contributed by atoms with Crippen LogP contribution in [0.5, 0.6) is 0 Å². The number of fused-ring (bicyclic) bond motifs is 1. The fourth-order valence-electron chi connectivity index (χ4n) is 1.61. The molecule has 0 unspecified atom stereocenters. The average molecular weight is 234 g/mol. The molecule has 1 heterocycles. The molecule has 0 aliphatic rings. The van der Waals surface area contributed by atoms with Gasteiger partial charge >= 0.3 is 0 Å². The van der Waals surface area contributed by atoms with Crippen LogP contribution in [0.4, 0.5) is 0 Å². The van der Waals surface area contributed by atoms with Gasteiger partial charge < -0.3 is 10.7 Å². The maximum atomic E-state index is 10.6. The lowest BCUT2D eigenvalue weighted by Gasteiger charge is -1.98. The van der Waals surface area contributed by atoms with Crippen LogP contribution in [0.2, 0.25) is 0 Å². The number of nitrogens with one attached hydrogen (secondary N) is 1. The third kappa shape index (κ3) is 2.58. The highest BCUT2D eigenvalue weighted by molar-refractivity contribution is 7.98. The normalized spacial score (nSPS) is 10.8. The van der Waals surface area contributed by atoms with Gasteiger partial charge in [-0.25, -0.2) is 0 Å². The summed E-state index contributed by atoms with van der Waals surface area (Å²) in [6, 6.07) is 8.22. The van der Waals surface area contributed by atoms with Crippen LogP contribution >= 0.6 is 11.8 Å². The van der Waals surface area contributed by atoms with Crippen molar-refractivity contribution >= 4 is 28.6 Å². The lowest BCUT2D eigenvalue weighted by molar-refractivity contribution is -0.117. The van der Waals surface area contributed by atoms with Gasteiger partial charge in [-0.05, 0) is 11.6 Å². The highest BCUT2D eigenvalue weighted by atomic mass is 32.2. The summed E-state index contributed by atoms with van der Waals surface area (Å²) in [5.41, 5.74) is 7.53. The van der Waals surface area contributed by atoms with E-state index in [1.54, 1.807) is 11.8 Å². The second-order valence-corrected chi connectivity index (χ2v) is 4.73. The van der Waals surface area contributed by atoms with Crippen LogP contribution in [-0.2, 0) is 10.5 Å². The number of nitrogens with two attached hydrogens (primary N) is 1. The Hall–Kier alpha value is -1.42. The lowest BCUT2D eigenvalue weighted by Crippen LogP contribution is -2.10. The molecule has 0 saturated heterocycles. The van der Waals surface area contributed by atoms with Gasteiger partial charge in [0.2, 0.25) is 5.91 Å². The Morgan fingerprint density at radius 2 is 2.19 bits per heavy atom. The summed E-state index contributed by atoms with van der Waals surface area (Å²) in [6.07, 6.45) is 2.48. The van der Waals surface area contributed by atoms with E-state index >= 15 is 0 Å². The standard InChI is InChI=1S/C12H14N2OS/c13-12(15)5-6-16-8-9-7-14-11-4-2-1-3-10(9)11/h1-4,7,14H,5-6,8H2,(H2,13,15). The van der Waals surface area contributed by atoms with E-state index in [9.17, 15) is 4.79 Å². The molecular formula is C12H14N2OS. The van der Waals surface area contributed by atoms with Crippen LogP contribution in [0, 0.1) is 0 Å². The number of para-hydroxylation sites is 1. The number of carbonyl (C=O) groups excluding carboxylic acids is 1. The molecule has 0 atom stereocenters. The van der Waals surface area contributed by atoms with E-state index in [2.05, 4.69) is 17.1 Å². The Labute approximate surface area is 98.4 Å². The second-order valence-electron chi connectivity index (χ2n) is 3.63. The van der Waals surface area contributed by atoms with Crippen molar-refractivity contribution in [2.45, 2.75) is 12.2 Å². The minimum atomic E-state index is -0.230. The first-order valence-electron chi connectivity index (χ1n) is 5.18. The molecule has 4 heteroatoms. The maximum absolute atomic E-state index is 10.6. The minimum Gasteiger partial charge on any atom is -0.370 e. The predicted octanol–water partition coefficient (Wildman–Crippen LogP) is 2.28. The van der Waals surface area contributed by atoms with E-state index in [0.717, 1.165) is 17.0 Å². The number of aromatic nitrogens is 1. The minimum absolute atomic E-state index is 0.230. The van der Waals surface area contributed by atoms with E-state index in [-0.39, 0.29) is 5.91 Å². The molecule has 3 nitrogen and oxygen atoms in total. The molecule has 0 spiro atoms. The first-order chi connectivity index (χ1) is 7.77. The molecule has 16 heavy (non-hydrogen) atoms.